The molecule has 0 amide bonds. The smallest absolute Gasteiger partial charge is 0.0927 e. The Labute approximate surface area is 399 Å². The number of benzene rings is 10. The van der Waals surface area contributed by atoms with Gasteiger partial charge in [0.2, 0.25) is 0 Å². The van der Waals surface area contributed by atoms with Gasteiger partial charge in [0, 0.05) is 34.7 Å². The zero-order valence-corrected chi connectivity index (χ0v) is 37.4. The molecule has 0 aliphatic carbocycles. The first kappa shape index (κ1) is 39.9. The van der Waals surface area contributed by atoms with E-state index in [1.807, 2.05) is 32.2 Å². The van der Waals surface area contributed by atoms with Crippen molar-refractivity contribution in [2.45, 2.75) is 0 Å². The Hall–Kier alpha value is -9.39. The van der Waals surface area contributed by atoms with E-state index in [1.54, 1.807) is 0 Å². The highest BCUT2D eigenvalue weighted by Gasteiger charge is 2.17. The van der Waals surface area contributed by atoms with E-state index in [0.717, 1.165) is 117 Å². The maximum Gasteiger partial charge on any atom is 0.0927 e. The highest BCUT2D eigenvalue weighted by molar-refractivity contribution is 5.94. The van der Waals surface area contributed by atoms with Crippen LogP contribution in [0, 0.1) is 0 Å². The number of rotatable bonds is 9. The number of hydrogen-bond donors (Lipinski definition) is 0. The van der Waals surface area contributed by atoms with Crippen LogP contribution < -0.4 is 0 Å². The van der Waals surface area contributed by atoms with Gasteiger partial charge in [0.05, 0.1) is 33.6 Å². The van der Waals surface area contributed by atoms with E-state index in [4.69, 9.17) is 15.3 Å². The normalized spacial score (nSPS) is 11.5. The highest BCUT2D eigenvalue weighted by Crippen LogP contribution is 2.42. The molecular weight excluding hydrogens is 841 g/mol. The van der Waals surface area contributed by atoms with Crippen LogP contribution in [-0.2, 0) is 0 Å². The SMILES string of the molecule is c1ccc(-c2cc(-c3ccccc3-c3ccc(-n4cc5ccccc5n4)cc3)cc(-c3ccccc3-c3ccc(-n4cc5ccccc5n4)cc3)c2)c(-c2ccc(-n3cc4ccccc4n3)cc2)c1. The van der Waals surface area contributed by atoms with Crippen LogP contribution in [0.2, 0.25) is 0 Å². The largest absolute Gasteiger partial charge is 0.240 e. The molecular formula is C63H42N6. The second kappa shape index (κ2) is 16.8. The predicted molar refractivity (Wildman–Crippen MR) is 283 cm³/mol. The molecule has 0 fully saturated rings. The Morgan fingerprint density at radius 1 is 0.217 bits per heavy atom. The molecule has 0 N–H and O–H groups in total. The molecule has 69 heavy (non-hydrogen) atoms. The maximum absolute atomic E-state index is 4.85. The van der Waals surface area contributed by atoms with Crippen LogP contribution in [-0.4, -0.2) is 29.3 Å². The van der Waals surface area contributed by atoms with E-state index in [1.165, 1.54) is 0 Å². The van der Waals surface area contributed by atoms with Crippen molar-refractivity contribution in [1.82, 2.24) is 29.3 Å². The fourth-order valence-electron chi connectivity index (χ4n) is 9.73. The molecule has 0 bridgehead atoms. The van der Waals surface area contributed by atoms with Crippen molar-refractivity contribution in [3.05, 3.63) is 255 Å². The molecule has 13 rings (SSSR count). The van der Waals surface area contributed by atoms with E-state index in [9.17, 15) is 0 Å². The first-order chi connectivity index (χ1) is 34.1. The number of hydrogen-bond acceptors (Lipinski definition) is 3. The summed E-state index contributed by atoms with van der Waals surface area (Å²) in [5, 5.41) is 17.9. The number of aromatic nitrogens is 6. The van der Waals surface area contributed by atoms with Crippen molar-refractivity contribution in [3.8, 4) is 83.8 Å². The first-order valence-electron chi connectivity index (χ1n) is 23.2. The highest BCUT2D eigenvalue weighted by atomic mass is 15.3. The van der Waals surface area contributed by atoms with Crippen molar-refractivity contribution in [1.29, 1.82) is 0 Å². The summed E-state index contributed by atoms with van der Waals surface area (Å²) in [6.07, 6.45) is 6.27. The fourth-order valence-corrected chi connectivity index (χ4v) is 9.73. The van der Waals surface area contributed by atoms with Gasteiger partial charge in [-0.3, -0.25) is 0 Å². The maximum atomic E-state index is 4.85. The van der Waals surface area contributed by atoms with Crippen LogP contribution >= 0.6 is 0 Å². The summed E-state index contributed by atoms with van der Waals surface area (Å²) in [5.41, 5.74) is 19.7. The van der Waals surface area contributed by atoms with Gasteiger partial charge in [-0.1, -0.05) is 164 Å². The standard InChI is InChI=1S/C63H42N6/c1-10-22-61-46(13-1)40-67(64-61)52-31-25-43(26-32-52)55-16-4-7-19-58(55)49-37-50(59-20-8-5-17-56(59)44-27-33-53(34-28-44)68-41-47-14-2-11-23-62(47)65-68)39-51(38-49)60-21-9-6-18-57(60)45-29-35-54(36-30-45)69-42-48-15-3-12-24-63(48)66-69/h1-42H. The summed E-state index contributed by atoms with van der Waals surface area (Å²) in [4.78, 5) is 0. The number of nitrogens with zero attached hydrogens (tertiary/aromatic N) is 6. The summed E-state index contributed by atoms with van der Waals surface area (Å²) in [7, 11) is 0. The van der Waals surface area contributed by atoms with E-state index in [-0.39, 0.29) is 0 Å². The predicted octanol–water partition coefficient (Wildman–Crippen LogP) is 15.7. The topological polar surface area (TPSA) is 53.5 Å². The van der Waals surface area contributed by atoms with Crippen molar-refractivity contribution >= 4 is 32.7 Å². The second-order valence-electron chi connectivity index (χ2n) is 17.5. The Morgan fingerprint density at radius 2 is 0.449 bits per heavy atom. The molecule has 0 saturated heterocycles. The molecule has 0 aliphatic rings. The lowest BCUT2D eigenvalue weighted by Gasteiger charge is -2.18. The fraction of sp³-hybridized carbons (Fsp3) is 0. The molecule has 0 radical (unpaired) electrons. The van der Waals surface area contributed by atoms with Gasteiger partial charge in [0.15, 0.2) is 0 Å². The van der Waals surface area contributed by atoms with Gasteiger partial charge < -0.3 is 0 Å². The monoisotopic (exact) mass is 882 g/mol. The summed E-state index contributed by atoms with van der Waals surface area (Å²) in [5.74, 6) is 0. The Bertz CT molecular complexity index is 3480. The van der Waals surface area contributed by atoms with Gasteiger partial charge in [0.25, 0.3) is 0 Å². The molecule has 10 aromatic carbocycles. The van der Waals surface area contributed by atoms with Gasteiger partial charge in [0.1, 0.15) is 0 Å². The molecule has 13 aromatic rings. The van der Waals surface area contributed by atoms with Gasteiger partial charge in [-0.15, -0.1) is 0 Å². The summed E-state index contributed by atoms with van der Waals surface area (Å²) in [6.45, 7) is 0. The molecule has 0 spiro atoms. The van der Waals surface area contributed by atoms with E-state index < -0.39 is 0 Å². The lowest BCUT2D eigenvalue weighted by molar-refractivity contribution is 0.896. The Balaban J connectivity index is 0.927. The van der Waals surface area contributed by atoms with Crippen molar-refractivity contribution in [2.75, 3.05) is 0 Å². The zero-order chi connectivity index (χ0) is 45.7. The van der Waals surface area contributed by atoms with Crippen LogP contribution in [0.25, 0.3) is 117 Å². The third-order valence-corrected chi connectivity index (χ3v) is 13.2. The van der Waals surface area contributed by atoms with Crippen LogP contribution in [0.5, 0.6) is 0 Å². The average Bonchev–Trinajstić information content (AvgIpc) is 4.19. The minimum atomic E-state index is 0.978. The quantitative estimate of drug-likeness (QED) is 0.145. The van der Waals surface area contributed by atoms with Crippen molar-refractivity contribution in [2.24, 2.45) is 0 Å². The van der Waals surface area contributed by atoms with E-state index >= 15 is 0 Å². The first-order valence-corrected chi connectivity index (χ1v) is 23.2. The van der Waals surface area contributed by atoms with E-state index in [0.29, 0.717) is 0 Å². The minimum Gasteiger partial charge on any atom is -0.240 e. The molecule has 324 valence electrons. The number of fused-ring (bicyclic) bond motifs is 3. The summed E-state index contributed by atoms with van der Waals surface area (Å²) >= 11 is 0. The summed E-state index contributed by atoms with van der Waals surface area (Å²) in [6, 6.07) is 84.3. The molecule has 0 aliphatic heterocycles. The van der Waals surface area contributed by atoms with Crippen molar-refractivity contribution < 1.29 is 0 Å². The molecule has 0 unspecified atom stereocenters. The van der Waals surface area contributed by atoms with Crippen LogP contribution in [0.1, 0.15) is 0 Å². The molecule has 3 aromatic heterocycles. The second-order valence-corrected chi connectivity index (χ2v) is 17.5. The minimum absolute atomic E-state index is 0.978. The van der Waals surface area contributed by atoms with Crippen LogP contribution in [0.3, 0.4) is 0 Å². The van der Waals surface area contributed by atoms with Gasteiger partial charge in [-0.2, -0.15) is 15.3 Å². The third-order valence-electron chi connectivity index (χ3n) is 13.2. The third kappa shape index (κ3) is 7.47. The van der Waals surface area contributed by atoms with Crippen LogP contribution in [0.15, 0.2) is 255 Å². The average molecular weight is 883 g/mol. The Kier molecular flexibility index (Phi) is 9.72. The molecule has 6 nitrogen and oxygen atoms in total. The lowest BCUT2D eigenvalue weighted by Crippen LogP contribution is -1.95. The van der Waals surface area contributed by atoms with Gasteiger partial charge in [-0.05, 0) is 140 Å². The molecule has 0 saturated carbocycles. The van der Waals surface area contributed by atoms with Gasteiger partial charge >= 0.3 is 0 Å². The lowest BCUT2D eigenvalue weighted by atomic mass is 9.86. The van der Waals surface area contributed by atoms with Crippen molar-refractivity contribution in [3.63, 3.8) is 0 Å². The zero-order valence-electron chi connectivity index (χ0n) is 37.4. The van der Waals surface area contributed by atoms with E-state index in [2.05, 4.69) is 237 Å². The summed E-state index contributed by atoms with van der Waals surface area (Å²) < 4.78 is 5.89. The molecule has 0 atom stereocenters. The Morgan fingerprint density at radius 3 is 0.710 bits per heavy atom. The molecule has 3 heterocycles. The van der Waals surface area contributed by atoms with Crippen LogP contribution in [0.4, 0.5) is 0 Å². The van der Waals surface area contributed by atoms with Gasteiger partial charge in [-0.25, -0.2) is 14.0 Å². The molecule has 6 heteroatoms.